The fourth-order valence-electron chi connectivity index (χ4n) is 2.47. The number of carbonyl (C=O) groups excluding carboxylic acids is 2. The van der Waals surface area contributed by atoms with E-state index in [2.05, 4.69) is 43.4 Å². The Morgan fingerprint density at radius 3 is 2.32 bits per heavy atom. The van der Waals surface area contributed by atoms with E-state index in [0.29, 0.717) is 12.5 Å². The Balaban J connectivity index is 1.61. The average molecular weight is 402 g/mol. The Hall–Kier alpha value is -2.47. The molecule has 2 rings (SSSR count). The van der Waals surface area contributed by atoms with Crippen molar-refractivity contribution in [3.8, 4) is 5.75 Å². The van der Waals surface area contributed by atoms with Crippen LogP contribution in [0.15, 0.2) is 53.4 Å². The fourth-order valence-corrected chi connectivity index (χ4v) is 3.16. The number of nitrogens with one attached hydrogen (secondary N) is 1. The quantitative estimate of drug-likeness (QED) is 0.484. The average Bonchev–Trinajstić information content (AvgIpc) is 2.71. The Morgan fingerprint density at radius 1 is 1.04 bits per heavy atom. The highest BCUT2D eigenvalue weighted by atomic mass is 32.2. The summed E-state index contributed by atoms with van der Waals surface area (Å²) in [7, 11) is 1.60. The summed E-state index contributed by atoms with van der Waals surface area (Å²) in [6, 6.07) is 15.8. The lowest BCUT2D eigenvalue weighted by Crippen LogP contribution is -2.30. The standard InChI is InChI=1S/C22H27NO4S/c1-16(2)18-6-4-17(5-7-18)12-13-23-21(24)14-27-22(25)15-28-20-10-8-19(26-3)9-11-20/h4-11,16H,12-15H2,1-3H3,(H,23,24). The van der Waals surface area contributed by atoms with Crippen molar-refractivity contribution in [3.05, 3.63) is 59.7 Å². The van der Waals surface area contributed by atoms with Crippen LogP contribution in [0, 0.1) is 0 Å². The molecule has 0 fully saturated rings. The lowest BCUT2D eigenvalue weighted by Gasteiger charge is -2.08. The zero-order chi connectivity index (χ0) is 20.4. The van der Waals surface area contributed by atoms with Crippen LogP contribution in [0.5, 0.6) is 5.75 Å². The Bertz CT molecular complexity index is 757. The predicted octanol–water partition coefficient (Wildman–Crippen LogP) is 3.81. The molecular formula is C22H27NO4S. The molecule has 1 amide bonds. The number of carbonyl (C=O) groups is 2. The normalized spacial score (nSPS) is 10.6. The Morgan fingerprint density at radius 2 is 1.71 bits per heavy atom. The SMILES string of the molecule is COc1ccc(SCC(=O)OCC(=O)NCCc2ccc(C(C)C)cc2)cc1. The minimum atomic E-state index is -0.416. The Labute approximate surface area is 170 Å². The monoisotopic (exact) mass is 401 g/mol. The molecule has 0 saturated heterocycles. The van der Waals surface area contributed by atoms with E-state index in [-0.39, 0.29) is 18.3 Å². The minimum Gasteiger partial charge on any atom is -0.497 e. The van der Waals surface area contributed by atoms with E-state index < -0.39 is 5.97 Å². The lowest BCUT2D eigenvalue weighted by atomic mass is 10.0. The van der Waals surface area contributed by atoms with Gasteiger partial charge in [-0.1, -0.05) is 38.1 Å². The van der Waals surface area contributed by atoms with Gasteiger partial charge in [-0.25, -0.2) is 0 Å². The maximum absolute atomic E-state index is 11.8. The number of rotatable bonds is 10. The number of methoxy groups -OCH3 is 1. The van der Waals surface area contributed by atoms with Crippen LogP contribution in [0.2, 0.25) is 0 Å². The smallest absolute Gasteiger partial charge is 0.316 e. The number of benzene rings is 2. The summed E-state index contributed by atoms with van der Waals surface area (Å²) >= 11 is 1.36. The molecule has 0 unspecified atom stereocenters. The second-order valence-electron chi connectivity index (χ2n) is 6.62. The molecule has 2 aromatic rings. The Kier molecular flexibility index (Phi) is 8.88. The third-order valence-electron chi connectivity index (χ3n) is 4.16. The van der Waals surface area contributed by atoms with Crippen LogP contribution in [0.25, 0.3) is 0 Å². The van der Waals surface area contributed by atoms with Gasteiger partial charge in [-0.3, -0.25) is 9.59 Å². The van der Waals surface area contributed by atoms with Gasteiger partial charge in [0.1, 0.15) is 5.75 Å². The second-order valence-corrected chi connectivity index (χ2v) is 7.67. The maximum atomic E-state index is 11.8. The highest BCUT2D eigenvalue weighted by Crippen LogP contribution is 2.21. The van der Waals surface area contributed by atoms with E-state index in [9.17, 15) is 9.59 Å². The third kappa shape index (κ3) is 7.64. The van der Waals surface area contributed by atoms with Crippen LogP contribution < -0.4 is 10.1 Å². The zero-order valence-electron chi connectivity index (χ0n) is 16.6. The van der Waals surface area contributed by atoms with E-state index in [1.807, 2.05) is 24.3 Å². The molecule has 1 N–H and O–H groups in total. The summed E-state index contributed by atoms with van der Waals surface area (Å²) in [4.78, 5) is 24.5. The predicted molar refractivity (Wildman–Crippen MR) is 112 cm³/mol. The van der Waals surface area contributed by atoms with Crippen LogP contribution in [0.4, 0.5) is 0 Å². The van der Waals surface area contributed by atoms with Crippen molar-refractivity contribution < 1.29 is 19.1 Å². The van der Waals surface area contributed by atoms with E-state index in [4.69, 9.17) is 9.47 Å². The highest BCUT2D eigenvalue weighted by Gasteiger charge is 2.08. The zero-order valence-corrected chi connectivity index (χ0v) is 17.4. The number of ether oxygens (including phenoxy) is 2. The van der Waals surface area contributed by atoms with E-state index in [0.717, 1.165) is 22.6 Å². The molecule has 0 aliphatic carbocycles. The molecule has 2 aromatic carbocycles. The first-order valence-corrected chi connectivity index (χ1v) is 10.2. The number of thioether (sulfide) groups is 1. The first-order valence-electron chi connectivity index (χ1n) is 9.26. The summed E-state index contributed by atoms with van der Waals surface area (Å²) in [6.45, 7) is 4.57. The molecule has 0 aromatic heterocycles. The summed E-state index contributed by atoms with van der Waals surface area (Å²) in [5, 5.41) is 2.77. The second kappa shape index (κ2) is 11.4. The van der Waals surface area contributed by atoms with Gasteiger partial charge in [-0.15, -0.1) is 11.8 Å². The molecule has 150 valence electrons. The fraction of sp³-hybridized carbons (Fsp3) is 0.364. The van der Waals surface area contributed by atoms with Crippen LogP contribution in [-0.4, -0.2) is 37.9 Å². The van der Waals surface area contributed by atoms with Gasteiger partial charge in [0.05, 0.1) is 12.9 Å². The third-order valence-corrected chi connectivity index (χ3v) is 5.15. The van der Waals surface area contributed by atoms with Crippen molar-refractivity contribution >= 4 is 23.6 Å². The van der Waals surface area contributed by atoms with Gasteiger partial charge in [0.2, 0.25) is 0 Å². The van der Waals surface area contributed by atoms with Gasteiger partial charge in [-0.05, 0) is 47.7 Å². The molecule has 6 heteroatoms. The van der Waals surface area contributed by atoms with Crippen molar-refractivity contribution in [1.82, 2.24) is 5.32 Å². The molecule has 5 nitrogen and oxygen atoms in total. The van der Waals surface area contributed by atoms with Crippen molar-refractivity contribution in [2.75, 3.05) is 26.0 Å². The number of hydrogen-bond donors (Lipinski definition) is 1. The van der Waals surface area contributed by atoms with E-state index in [1.54, 1.807) is 7.11 Å². The number of hydrogen-bond acceptors (Lipinski definition) is 5. The molecular weight excluding hydrogens is 374 g/mol. The molecule has 0 heterocycles. The molecule has 28 heavy (non-hydrogen) atoms. The van der Waals surface area contributed by atoms with Gasteiger partial charge in [-0.2, -0.15) is 0 Å². The molecule has 0 bridgehead atoms. The topological polar surface area (TPSA) is 64.6 Å². The summed E-state index contributed by atoms with van der Waals surface area (Å²) < 4.78 is 10.1. The maximum Gasteiger partial charge on any atom is 0.316 e. The van der Waals surface area contributed by atoms with Crippen LogP contribution in [0.1, 0.15) is 30.9 Å². The van der Waals surface area contributed by atoms with Crippen LogP contribution in [-0.2, 0) is 20.7 Å². The van der Waals surface area contributed by atoms with E-state index >= 15 is 0 Å². The largest absolute Gasteiger partial charge is 0.497 e. The van der Waals surface area contributed by atoms with Crippen LogP contribution in [0.3, 0.4) is 0 Å². The molecule has 0 saturated carbocycles. The summed E-state index contributed by atoms with van der Waals surface area (Å²) in [5.74, 6) is 0.717. The first-order chi connectivity index (χ1) is 13.5. The minimum absolute atomic E-state index is 0.155. The van der Waals surface area contributed by atoms with Gasteiger partial charge >= 0.3 is 5.97 Å². The number of amides is 1. The van der Waals surface area contributed by atoms with E-state index in [1.165, 1.54) is 17.3 Å². The molecule has 0 spiro atoms. The van der Waals surface area contributed by atoms with Crippen molar-refractivity contribution in [2.24, 2.45) is 0 Å². The molecule has 0 radical (unpaired) electrons. The first kappa shape index (κ1) is 21.8. The highest BCUT2D eigenvalue weighted by molar-refractivity contribution is 8.00. The van der Waals surface area contributed by atoms with Gasteiger partial charge in [0, 0.05) is 11.4 Å². The van der Waals surface area contributed by atoms with Crippen molar-refractivity contribution in [2.45, 2.75) is 31.1 Å². The summed E-state index contributed by atoms with van der Waals surface area (Å²) in [5.41, 5.74) is 2.46. The molecule has 0 aliphatic rings. The van der Waals surface area contributed by atoms with Gasteiger partial charge in [0.25, 0.3) is 5.91 Å². The molecule has 0 aliphatic heterocycles. The lowest BCUT2D eigenvalue weighted by molar-refractivity contribution is -0.145. The summed E-state index contributed by atoms with van der Waals surface area (Å²) in [6.07, 6.45) is 0.741. The van der Waals surface area contributed by atoms with Gasteiger partial charge < -0.3 is 14.8 Å². The van der Waals surface area contributed by atoms with Gasteiger partial charge in [0.15, 0.2) is 6.61 Å². The van der Waals surface area contributed by atoms with Crippen LogP contribution >= 0.6 is 11.8 Å². The molecule has 0 atom stereocenters. The van der Waals surface area contributed by atoms with Crippen molar-refractivity contribution in [3.63, 3.8) is 0 Å². The number of esters is 1. The van der Waals surface area contributed by atoms with Crippen molar-refractivity contribution in [1.29, 1.82) is 0 Å².